The summed E-state index contributed by atoms with van der Waals surface area (Å²) in [5, 5.41) is 8.18. The van der Waals surface area contributed by atoms with E-state index in [-0.39, 0.29) is 18.6 Å². The maximum absolute atomic E-state index is 13.0. The lowest BCUT2D eigenvalue weighted by molar-refractivity contribution is -0.0167. The zero-order chi connectivity index (χ0) is 19.1. The molecule has 140 valence electrons. The summed E-state index contributed by atoms with van der Waals surface area (Å²) in [5.74, 6) is -2.51. The van der Waals surface area contributed by atoms with Crippen LogP contribution in [0.4, 0.5) is 8.78 Å². The van der Waals surface area contributed by atoms with Crippen molar-refractivity contribution in [1.29, 1.82) is 5.41 Å². The Kier molecular flexibility index (Phi) is 4.77. The largest absolute Gasteiger partial charge is 0.497 e. The van der Waals surface area contributed by atoms with Crippen LogP contribution in [-0.4, -0.2) is 40.6 Å². The molecule has 8 heteroatoms. The molecule has 5 nitrogen and oxygen atoms in total. The molecule has 1 unspecified atom stereocenters. The highest BCUT2D eigenvalue weighted by Gasteiger charge is 2.50. The minimum absolute atomic E-state index is 0.137. The van der Waals surface area contributed by atoms with Gasteiger partial charge in [-0.05, 0) is 32.4 Å². The van der Waals surface area contributed by atoms with Gasteiger partial charge in [0, 0.05) is 36.0 Å². The van der Waals surface area contributed by atoms with Gasteiger partial charge in [-0.2, -0.15) is 0 Å². The number of amides is 1. The van der Waals surface area contributed by atoms with Crippen molar-refractivity contribution in [2.24, 2.45) is 5.41 Å². The second kappa shape index (κ2) is 6.61. The first-order valence-electron chi connectivity index (χ1n) is 8.37. The van der Waals surface area contributed by atoms with Crippen LogP contribution in [0.5, 0.6) is 0 Å². The highest BCUT2D eigenvalue weighted by atomic mass is 35.5. The van der Waals surface area contributed by atoms with E-state index in [0.29, 0.717) is 35.0 Å². The number of ether oxygens (including phenoxy) is 1. The lowest BCUT2D eigenvalue weighted by Crippen LogP contribution is -2.51. The molecule has 1 amide bonds. The molecule has 0 spiro atoms. The minimum atomic E-state index is -2.81. The summed E-state index contributed by atoms with van der Waals surface area (Å²) in [6.07, 6.45) is 4.62. The van der Waals surface area contributed by atoms with E-state index in [2.05, 4.69) is 4.98 Å². The summed E-state index contributed by atoms with van der Waals surface area (Å²) >= 11 is 6.10. The molecule has 0 bridgehead atoms. The smallest absolute Gasteiger partial charge is 0.254 e. The normalized spacial score (nSPS) is 23.2. The van der Waals surface area contributed by atoms with Crippen molar-refractivity contribution in [3.8, 4) is 0 Å². The second-order valence-corrected chi connectivity index (χ2v) is 7.22. The van der Waals surface area contributed by atoms with Crippen LogP contribution in [0.3, 0.4) is 0 Å². The average molecular weight is 384 g/mol. The molecule has 0 saturated carbocycles. The molecule has 1 aromatic rings. The van der Waals surface area contributed by atoms with E-state index in [0.717, 1.165) is 6.92 Å². The third-order valence-electron chi connectivity index (χ3n) is 5.18. The van der Waals surface area contributed by atoms with Crippen LogP contribution in [0.15, 0.2) is 24.1 Å². The topological polar surface area (TPSA) is 66.3 Å². The molecule has 1 aliphatic heterocycles. The van der Waals surface area contributed by atoms with Gasteiger partial charge < -0.3 is 15.0 Å². The quantitative estimate of drug-likeness (QED) is 0.570. The number of fused-ring (bicyclic) bond motifs is 1. The molecule has 26 heavy (non-hydrogen) atoms. The first-order chi connectivity index (χ1) is 12.2. The maximum atomic E-state index is 13.0. The molecule has 0 saturated heterocycles. The molecule has 3 rings (SSSR count). The Morgan fingerprint density at radius 1 is 1.58 bits per heavy atom. The Bertz CT molecular complexity index is 778. The Morgan fingerprint density at radius 2 is 2.31 bits per heavy atom. The number of carbonyl (C=O) groups excluding carboxylic acids is 1. The summed E-state index contributed by atoms with van der Waals surface area (Å²) in [4.78, 5) is 18.4. The molecule has 1 N–H and O–H groups in total. The maximum Gasteiger partial charge on any atom is 0.254 e. The lowest BCUT2D eigenvalue weighted by atomic mass is 9.69. The van der Waals surface area contributed by atoms with E-state index in [1.807, 2.05) is 6.92 Å². The third kappa shape index (κ3) is 3.09. The standard InChI is InChI=1S/C18H20ClF2N3O2/c1-11(24-9-13-12(16(24)25)4-7-23-15(13)19)18(10-22)5-3-14(18)26-8-6-17(2,20)21/h3-4,7,10-11,22H,5-6,8-9H2,1-2H3/t11?,18-/m0/s1. The number of halogens is 3. The van der Waals surface area contributed by atoms with Crippen molar-refractivity contribution in [2.75, 3.05) is 6.61 Å². The fourth-order valence-electron chi connectivity index (χ4n) is 3.39. The summed E-state index contributed by atoms with van der Waals surface area (Å²) < 4.78 is 31.5. The van der Waals surface area contributed by atoms with Crippen LogP contribution in [0, 0.1) is 10.8 Å². The summed E-state index contributed by atoms with van der Waals surface area (Å²) in [7, 11) is 0. The second-order valence-electron chi connectivity index (χ2n) is 6.86. The predicted molar refractivity (Wildman–Crippen MR) is 93.7 cm³/mol. The van der Waals surface area contributed by atoms with Gasteiger partial charge in [-0.25, -0.2) is 13.8 Å². The van der Waals surface area contributed by atoms with Gasteiger partial charge in [-0.1, -0.05) is 11.6 Å². The number of nitrogens with zero attached hydrogens (tertiary/aromatic N) is 2. The third-order valence-corrected chi connectivity index (χ3v) is 5.50. The summed E-state index contributed by atoms with van der Waals surface area (Å²) in [6, 6.07) is 1.25. The van der Waals surface area contributed by atoms with Crippen molar-refractivity contribution in [2.45, 2.75) is 45.2 Å². The fraction of sp³-hybridized carbons (Fsp3) is 0.500. The molecular formula is C18H20ClF2N3O2. The number of alkyl halides is 2. The zero-order valence-electron chi connectivity index (χ0n) is 14.6. The van der Waals surface area contributed by atoms with Gasteiger partial charge in [0.1, 0.15) is 10.9 Å². The van der Waals surface area contributed by atoms with Crippen LogP contribution < -0.4 is 0 Å². The molecule has 2 heterocycles. The van der Waals surface area contributed by atoms with Crippen molar-refractivity contribution in [3.63, 3.8) is 0 Å². The van der Waals surface area contributed by atoms with E-state index in [9.17, 15) is 13.6 Å². The van der Waals surface area contributed by atoms with E-state index in [1.54, 1.807) is 17.0 Å². The van der Waals surface area contributed by atoms with Gasteiger partial charge in [0.25, 0.3) is 5.91 Å². The van der Waals surface area contributed by atoms with Gasteiger partial charge >= 0.3 is 0 Å². The Labute approximate surface area is 155 Å². The highest BCUT2D eigenvalue weighted by molar-refractivity contribution is 6.30. The predicted octanol–water partition coefficient (Wildman–Crippen LogP) is 4.06. The van der Waals surface area contributed by atoms with Gasteiger partial charge in [0.2, 0.25) is 5.92 Å². The Balaban J connectivity index is 1.75. The van der Waals surface area contributed by atoms with Crippen LogP contribution in [0.1, 0.15) is 42.6 Å². The lowest BCUT2D eigenvalue weighted by Gasteiger charge is -2.45. The zero-order valence-corrected chi connectivity index (χ0v) is 15.3. The van der Waals surface area contributed by atoms with E-state index in [4.69, 9.17) is 21.7 Å². The average Bonchev–Trinajstić information content (AvgIpc) is 2.89. The number of aromatic nitrogens is 1. The summed E-state index contributed by atoms with van der Waals surface area (Å²) in [5.41, 5.74) is 0.372. The molecule has 0 radical (unpaired) electrons. The van der Waals surface area contributed by atoms with E-state index in [1.165, 1.54) is 12.4 Å². The van der Waals surface area contributed by atoms with Gasteiger partial charge in [-0.3, -0.25) is 4.79 Å². The fourth-order valence-corrected chi connectivity index (χ4v) is 3.60. The van der Waals surface area contributed by atoms with Crippen LogP contribution in [0.2, 0.25) is 5.15 Å². The number of allylic oxidation sites excluding steroid dienone is 1. The van der Waals surface area contributed by atoms with Crippen LogP contribution in [0.25, 0.3) is 0 Å². The van der Waals surface area contributed by atoms with Crippen LogP contribution in [-0.2, 0) is 11.3 Å². The van der Waals surface area contributed by atoms with E-state index >= 15 is 0 Å². The first-order valence-corrected chi connectivity index (χ1v) is 8.74. The van der Waals surface area contributed by atoms with Crippen molar-refractivity contribution in [3.05, 3.63) is 40.4 Å². The van der Waals surface area contributed by atoms with Crippen LogP contribution >= 0.6 is 11.6 Å². The van der Waals surface area contributed by atoms with Crippen molar-refractivity contribution < 1.29 is 18.3 Å². The number of hydrogen-bond donors (Lipinski definition) is 1. The number of nitrogens with one attached hydrogen (secondary N) is 1. The van der Waals surface area contributed by atoms with Gasteiger partial charge in [-0.15, -0.1) is 0 Å². The Hall–Kier alpha value is -2.02. The molecule has 2 atom stereocenters. The number of hydrogen-bond acceptors (Lipinski definition) is 4. The molecule has 1 aromatic heterocycles. The molecule has 0 fully saturated rings. The monoisotopic (exact) mass is 383 g/mol. The SMILES string of the molecule is CC(N1Cc2c(ccnc2Cl)C1=O)[C@@]1(C=N)CC=C1OCCC(C)(F)F. The number of pyridine rings is 1. The molecule has 2 aliphatic rings. The first kappa shape index (κ1) is 18.8. The number of rotatable bonds is 7. The van der Waals surface area contributed by atoms with Gasteiger partial charge in [0.15, 0.2) is 0 Å². The minimum Gasteiger partial charge on any atom is -0.497 e. The Morgan fingerprint density at radius 3 is 2.85 bits per heavy atom. The van der Waals surface area contributed by atoms with E-state index < -0.39 is 17.8 Å². The van der Waals surface area contributed by atoms with Gasteiger partial charge in [0.05, 0.1) is 18.6 Å². The van der Waals surface area contributed by atoms with Crippen molar-refractivity contribution >= 4 is 23.7 Å². The molecule has 1 aliphatic carbocycles. The number of carbonyl (C=O) groups is 1. The highest BCUT2D eigenvalue weighted by Crippen LogP contribution is 2.47. The molecular weight excluding hydrogens is 364 g/mol. The van der Waals surface area contributed by atoms with Crippen molar-refractivity contribution in [1.82, 2.24) is 9.88 Å². The molecule has 0 aromatic carbocycles. The summed E-state index contributed by atoms with van der Waals surface area (Å²) in [6.45, 7) is 2.84.